The third-order valence-electron chi connectivity index (χ3n) is 2.92. The second-order valence-electron chi connectivity index (χ2n) is 4.48. The third-order valence-corrected chi connectivity index (χ3v) is 5.55. The van der Waals surface area contributed by atoms with Crippen LogP contribution in [0.1, 0.15) is 27.7 Å². The summed E-state index contributed by atoms with van der Waals surface area (Å²) in [7, 11) is -3.70. The number of rotatable bonds is 8. The summed E-state index contributed by atoms with van der Waals surface area (Å²) in [6.07, 6.45) is 0. The fraction of sp³-hybridized carbons (Fsp3) is 0.727. The summed E-state index contributed by atoms with van der Waals surface area (Å²) in [5, 5.41) is 9.79. The number of sulfonamides is 1. The minimum Gasteiger partial charge on any atom is -0.301 e. The van der Waals surface area contributed by atoms with Crippen LogP contribution in [0.5, 0.6) is 0 Å². The number of likely N-dealkylation sites (N-methyl/N-ethyl adjacent to an activating group) is 1. The lowest BCUT2D eigenvalue weighted by Crippen LogP contribution is -2.41. The SMILES string of the molecule is CCN(CC)C(C)CNS(=O)(=O)c1nnc(NC(C)=O)s1. The number of carbonyl (C=O) groups is 1. The highest BCUT2D eigenvalue weighted by atomic mass is 32.2. The van der Waals surface area contributed by atoms with Gasteiger partial charge in [-0.15, -0.1) is 10.2 Å². The molecule has 0 saturated heterocycles. The largest absolute Gasteiger partial charge is 0.301 e. The number of aromatic nitrogens is 2. The molecule has 21 heavy (non-hydrogen) atoms. The smallest absolute Gasteiger partial charge is 0.269 e. The Morgan fingerprint density at radius 1 is 1.33 bits per heavy atom. The van der Waals surface area contributed by atoms with Gasteiger partial charge in [0.2, 0.25) is 15.4 Å². The molecule has 0 aliphatic rings. The van der Waals surface area contributed by atoms with Gasteiger partial charge in [0.25, 0.3) is 10.0 Å². The topological polar surface area (TPSA) is 104 Å². The number of carbonyl (C=O) groups excluding carboxylic acids is 1. The molecule has 0 fully saturated rings. The van der Waals surface area contributed by atoms with E-state index >= 15 is 0 Å². The maximum atomic E-state index is 12.1. The number of hydrogen-bond donors (Lipinski definition) is 2. The normalized spacial score (nSPS) is 13.4. The summed E-state index contributed by atoms with van der Waals surface area (Å²) >= 11 is 0.821. The molecule has 8 nitrogen and oxygen atoms in total. The monoisotopic (exact) mass is 335 g/mol. The van der Waals surface area contributed by atoms with Crippen LogP contribution < -0.4 is 10.0 Å². The van der Waals surface area contributed by atoms with Crippen LogP contribution in [-0.4, -0.2) is 55.1 Å². The van der Waals surface area contributed by atoms with Crippen molar-refractivity contribution < 1.29 is 13.2 Å². The Morgan fingerprint density at radius 3 is 2.48 bits per heavy atom. The van der Waals surface area contributed by atoms with Gasteiger partial charge in [0.15, 0.2) is 0 Å². The molecule has 0 saturated carbocycles. The number of amides is 1. The van der Waals surface area contributed by atoms with Crippen LogP contribution in [-0.2, 0) is 14.8 Å². The van der Waals surface area contributed by atoms with E-state index in [1.165, 1.54) is 6.92 Å². The van der Waals surface area contributed by atoms with Gasteiger partial charge in [-0.3, -0.25) is 9.69 Å². The molecule has 0 aliphatic heterocycles. The van der Waals surface area contributed by atoms with Crippen molar-refractivity contribution in [2.45, 2.75) is 38.1 Å². The summed E-state index contributed by atoms with van der Waals surface area (Å²) < 4.78 is 26.6. The molecule has 0 aliphatic carbocycles. The van der Waals surface area contributed by atoms with E-state index < -0.39 is 10.0 Å². The van der Waals surface area contributed by atoms with E-state index in [9.17, 15) is 13.2 Å². The molecule has 10 heteroatoms. The van der Waals surface area contributed by atoms with Gasteiger partial charge in [0.05, 0.1) is 0 Å². The molecule has 1 heterocycles. The summed E-state index contributed by atoms with van der Waals surface area (Å²) in [6, 6.07) is 0.0810. The maximum absolute atomic E-state index is 12.1. The molecule has 1 unspecified atom stereocenters. The molecule has 120 valence electrons. The number of anilines is 1. The number of nitrogens with zero attached hydrogens (tertiary/aromatic N) is 3. The lowest BCUT2D eigenvalue weighted by atomic mass is 10.3. The van der Waals surface area contributed by atoms with E-state index in [4.69, 9.17) is 0 Å². The Hall–Kier alpha value is -1.10. The average molecular weight is 335 g/mol. The van der Waals surface area contributed by atoms with Crippen LogP contribution in [0.25, 0.3) is 0 Å². The maximum Gasteiger partial charge on any atom is 0.269 e. The molecular weight excluding hydrogens is 314 g/mol. The van der Waals surface area contributed by atoms with E-state index in [0.717, 1.165) is 24.4 Å². The molecule has 1 aromatic rings. The van der Waals surface area contributed by atoms with E-state index in [1.807, 2.05) is 20.8 Å². The Kier molecular flexibility index (Phi) is 6.65. The lowest BCUT2D eigenvalue weighted by molar-refractivity contribution is -0.114. The molecule has 0 spiro atoms. The molecular formula is C11H21N5O3S2. The zero-order chi connectivity index (χ0) is 16.0. The van der Waals surface area contributed by atoms with Crippen molar-refractivity contribution in [3.8, 4) is 0 Å². The first kappa shape index (κ1) is 18.0. The van der Waals surface area contributed by atoms with Crippen LogP contribution in [0.4, 0.5) is 5.13 Å². The summed E-state index contributed by atoms with van der Waals surface area (Å²) in [5.74, 6) is -0.321. The molecule has 1 aromatic heterocycles. The van der Waals surface area contributed by atoms with Crippen molar-refractivity contribution in [2.24, 2.45) is 0 Å². The fourth-order valence-corrected chi connectivity index (χ4v) is 3.90. The molecule has 0 bridgehead atoms. The van der Waals surface area contributed by atoms with Gasteiger partial charge < -0.3 is 5.32 Å². The second-order valence-corrected chi connectivity index (χ2v) is 7.39. The number of nitrogens with one attached hydrogen (secondary N) is 2. The fourth-order valence-electron chi connectivity index (χ4n) is 1.79. The summed E-state index contributed by atoms with van der Waals surface area (Å²) in [5.41, 5.74) is 0. The zero-order valence-electron chi connectivity index (χ0n) is 12.6. The van der Waals surface area contributed by atoms with Gasteiger partial charge in [-0.2, -0.15) is 0 Å². The molecule has 1 atom stereocenters. The van der Waals surface area contributed by atoms with Crippen LogP contribution in [0.2, 0.25) is 0 Å². The summed E-state index contributed by atoms with van der Waals surface area (Å²) in [4.78, 5) is 13.0. The van der Waals surface area contributed by atoms with Crippen molar-refractivity contribution in [2.75, 3.05) is 25.0 Å². The minimum atomic E-state index is -3.70. The predicted molar refractivity (Wildman–Crippen MR) is 81.8 cm³/mol. The van der Waals surface area contributed by atoms with Gasteiger partial charge >= 0.3 is 0 Å². The van der Waals surface area contributed by atoms with Crippen LogP contribution >= 0.6 is 11.3 Å². The second kappa shape index (κ2) is 7.78. The zero-order valence-corrected chi connectivity index (χ0v) is 14.2. The van der Waals surface area contributed by atoms with Crippen LogP contribution in [0.3, 0.4) is 0 Å². The lowest BCUT2D eigenvalue weighted by Gasteiger charge is -2.26. The first-order chi connectivity index (χ1) is 9.80. The van der Waals surface area contributed by atoms with E-state index in [-0.39, 0.29) is 21.4 Å². The predicted octanol–water partition coefficient (Wildman–Crippen LogP) is 0.505. The highest BCUT2D eigenvalue weighted by Crippen LogP contribution is 2.19. The Balaban J connectivity index is 2.69. The molecule has 0 aromatic carbocycles. The molecule has 2 N–H and O–H groups in total. The first-order valence-corrected chi connectivity index (χ1v) is 8.94. The van der Waals surface area contributed by atoms with Gasteiger partial charge in [-0.05, 0) is 20.0 Å². The Labute approximate surface area is 129 Å². The Morgan fingerprint density at radius 2 is 1.95 bits per heavy atom. The van der Waals surface area contributed by atoms with Gasteiger partial charge in [0.1, 0.15) is 0 Å². The van der Waals surface area contributed by atoms with Crippen molar-refractivity contribution >= 4 is 32.4 Å². The number of hydrogen-bond acceptors (Lipinski definition) is 7. The average Bonchev–Trinajstić information content (AvgIpc) is 2.86. The van der Waals surface area contributed by atoms with Gasteiger partial charge in [0, 0.05) is 19.5 Å². The van der Waals surface area contributed by atoms with E-state index in [1.54, 1.807) is 0 Å². The molecule has 1 amide bonds. The highest BCUT2D eigenvalue weighted by molar-refractivity contribution is 7.91. The van der Waals surface area contributed by atoms with E-state index in [2.05, 4.69) is 25.1 Å². The van der Waals surface area contributed by atoms with Gasteiger partial charge in [-0.25, -0.2) is 13.1 Å². The molecule has 1 rings (SSSR count). The van der Waals surface area contributed by atoms with Crippen molar-refractivity contribution in [1.29, 1.82) is 0 Å². The van der Waals surface area contributed by atoms with Crippen molar-refractivity contribution in [3.63, 3.8) is 0 Å². The van der Waals surface area contributed by atoms with Crippen molar-refractivity contribution in [1.82, 2.24) is 19.8 Å². The van der Waals surface area contributed by atoms with Crippen molar-refractivity contribution in [3.05, 3.63) is 0 Å². The highest BCUT2D eigenvalue weighted by Gasteiger charge is 2.22. The quantitative estimate of drug-likeness (QED) is 0.671. The third kappa shape index (κ3) is 5.30. The minimum absolute atomic E-state index is 0.0810. The van der Waals surface area contributed by atoms with Crippen LogP contribution in [0.15, 0.2) is 4.34 Å². The van der Waals surface area contributed by atoms with Crippen LogP contribution in [0, 0.1) is 0 Å². The molecule has 0 radical (unpaired) electrons. The van der Waals surface area contributed by atoms with Gasteiger partial charge in [-0.1, -0.05) is 25.2 Å². The standard InChI is InChI=1S/C11H21N5O3S2/c1-5-16(6-2)8(3)7-12-21(18,19)11-15-14-10(20-11)13-9(4)17/h8,12H,5-7H2,1-4H3,(H,13,14,17). The summed E-state index contributed by atoms with van der Waals surface area (Å²) in [6.45, 7) is 9.32. The van der Waals surface area contributed by atoms with E-state index in [0.29, 0.717) is 6.54 Å². The Bertz CT molecular complexity index is 568. The first-order valence-electron chi connectivity index (χ1n) is 6.65.